The van der Waals surface area contributed by atoms with Gasteiger partial charge in [-0.25, -0.2) is 8.42 Å². The Morgan fingerprint density at radius 3 is 2.70 bits per heavy atom. The van der Waals surface area contributed by atoms with Crippen LogP contribution >= 0.6 is 11.3 Å². The Hall–Kier alpha value is -1.98. The van der Waals surface area contributed by atoms with Gasteiger partial charge >= 0.3 is 0 Å². The Kier molecular flexibility index (Phi) is 4.01. The van der Waals surface area contributed by atoms with Crippen LogP contribution in [0.15, 0.2) is 29.2 Å². The molecule has 1 aromatic heterocycles. The molecular weight excluding hydrogens is 296 g/mol. The number of nitrogens with one attached hydrogen (secondary N) is 1. The van der Waals surface area contributed by atoms with Gasteiger partial charge in [-0.15, -0.1) is 10.2 Å². The Labute approximate surface area is 121 Å². The van der Waals surface area contributed by atoms with Crippen molar-refractivity contribution in [3.63, 3.8) is 0 Å². The fraction of sp³-hybridized carbons (Fsp3) is 0.250. The summed E-state index contributed by atoms with van der Waals surface area (Å²) >= 11 is 1.19. The second-order valence-corrected chi connectivity index (χ2v) is 7.04. The average molecular weight is 308 g/mol. The van der Waals surface area contributed by atoms with Gasteiger partial charge in [0.2, 0.25) is 5.13 Å². The van der Waals surface area contributed by atoms with Gasteiger partial charge in [-0.1, -0.05) is 31.3 Å². The summed E-state index contributed by atoms with van der Waals surface area (Å²) in [5.74, 6) is 0.188. The highest BCUT2D eigenvalue weighted by molar-refractivity contribution is 7.93. The number of benzene rings is 1. The molecule has 20 heavy (non-hydrogen) atoms. The molecule has 0 atom stereocenters. The number of anilines is 1. The minimum atomic E-state index is -3.75. The Morgan fingerprint density at radius 2 is 2.10 bits per heavy atom. The molecule has 0 saturated carbocycles. The van der Waals surface area contributed by atoms with Gasteiger partial charge in [0.25, 0.3) is 10.0 Å². The van der Waals surface area contributed by atoms with Crippen molar-refractivity contribution in [2.45, 2.75) is 24.7 Å². The molecule has 6 nitrogen and oxygen atoms in total. The third-order valence-electron chi connectivity index (χ3n) is 2.43. The lowest BCUT2D eigenvalue weighted by Gasteiger charge is -2.04. The standard InChI is InChI=1S/C12H12N4O2S2/c1-8(2)11-14-15-12(19-11)16-20(17,18)10-5-3-4-9(6-10)7-13/h3-6,8H,1-2H3,(H,15,16). The summed E-state index contributed by atoms with van der Waals surface area (Å²) in [5.41, 5.74) is 0.285. The zero-order valence-corrected chi connectivity index (χ0v) is 12.5. The quantitative estimate of drug-likeness (QED) is 0.935. The number of hydrogen-bond acceptors (Lipinski definition) is 6. The summed E-state index contributed by atoms with van der Waals surface area (Å²) in [5, 5.41) is 17.5. The van der Waals surface area contributed by atoms with Crippen molar-refractivity contribution in [2.75, 3.05) is 4.72 Å². The molecule has 0 radical (unpaired) electrons. The van der Waals surface area contributed by atoms with Gasteiger partial charge in [0, 0.05) is 5.92 Å². The first-order valence-corrected chi connectivity index (χ1v) is 8.09. The second kappa shape index (κ2) is 5.56. The van der Waals surface area contributed by atoms with E-state index in [4.69, 9.17) is 5.26 Å². The zero-order chi connectivity index (χ0) is 14.8. The van der Waals surface area contributed by atoms with E-state index in [2.05, 4.69) is 14.9 Å². The first-order valence-electron chi connectivity index (χ1n) is 5.79. The number of rotatable bonds is 4. The summed E-state index contributed by atoms with van der Waals surface area (Å²) in [4.78, 5) is 0.0258. The molecule has 0 bridgehead atoms. The average Bonchev–Trinajstić information content (AvgIpc) is 2.87. The van der Waals surface area contributed by atoms with E-state index < -0.39 is 10.0 Å². The van der Waals surface area contributed by atoms with Crippen molar-refractivity contribution >= 4 is 26.5 Å². The van der Waals surface area contributed by atoms with Crippen LogP contribution < -0.4 is 4.72 Å². The molecule has 0 aliphatic rings. The van der Waals surface area contributed by atoms with E-state index in [0.29, 0.717) is 0 Å². The van der Waals surface area contributed by atoms with Crippen molar-refractivity contribution in [3.05, 3.63) is 34.8 Å². The van der Waals surface area contributed by atoms with E-state index in [1.807, 2.05) is 19.9 Å². The van der Waals surface area contributed by atoms with Gasteiger partial charge in [0.05, 0.1) is 16.5 Å². The van der Waals surface area contributed by atoms with Crippen LogP contribution in [0.25, 0.3) is 0 Å². The number of hydrogen-bond donors (Lipinski definition) is 1. The normalized spacial score (nSPS) is 11.3. The molecule has 0 aliphatic carbocycles. The third kappa shape index (κ3) is 3.12. The van der Waals surface area contributed by atoms with Gasteiger partial charge in [-0.2, -0.15) is 5.26 Å². The molecule has 0 saturated heterocycles. The lowest BCUT2D eigenvalue weighted by Crippen LogP contribution is -2.12. The van der Waals surface area contributed by atoms with E-state index in [9.17, 15) is 8.42 Å². The molecule has 1 N–H and O–H groups in total. The summed E-state index contributed by atoms with van der Waals surface area (Å²) in [6.45, 7) is 3.91. The van der Waals surface area contributed by atoms with Gasteiger partial charge in [0.15, 0.2) is 0 Å². The van der Waals surface area contributed by atoms with Crippen molar-refractivity contribution < 1.29 is 8.42 Å². The summed E-state index contributed by atoms with van der Waals surface area (Å²) < 4.78 is 26.7. The molecule has 0 unspecified atom stereocenters. The number of aromatic nitrogens is 2. The monoisotopic (exact) mass is 308 g/mol. The molecule has 2 rings (SSSR count). The van der Waals surface area contributed by atoms with Crippen molar-refractivity contribution in [3.8, 4) is 6.07 Å². The fourth-order valence-electron chi connectivity index (χ4n) is 1.42. The van der Waals surface area contributed by atoms with Crippen LogP contribution in [0.2, 0.25) is 0 Å². The van der Waals surface area contributed by atoms with Crippen LogP contribution in [-0.4, -0.2) is 18.6 Å². The van der Waals surface area contributed by atoms with Crippen LogP contribution in [-0.2, 0) is 10.0 Å². The molecule has 0 aliphatic heterocycles. The molecule has 8 heteroatoms. The number of nitriles is 1. The second-order valence-electron chi connectivity index (χ2n) is 4.35. The third-order valence-corrected chi connectivity index (χ3v) is 5.03. The van der Waals surface area contributed by atoms with Crippen molar-refractivity contribution in [1.29, 1.82) is 5.26 Å². The lowest BCUT2D eigenvalue weighted by molar-refractivity contribution is 0.601. The maximum Gasteiger partial charge on any atom is 0.263 e. The van der Waals surface area contributed by atoms with E-state index in [1.54, 1.807) is 6.07 Å². The molecule has 0 fully saturated rings. The SMILES string of the molecule is CC(C)c1nnc(NS(=O)(=O)c2cccc(C#N)c2)s1. The minimum absolute atomic E-state index is 0.0258. The fourth-order valence-corrected chi connectivity index (χ4v) is 3.44. The van der Waals surface area contributed by atoms with Crippen LogP contribution in [0.3, 0.4) is 0 Å². The molecule has 0 amide bonds. The zero-order valence-electron chi connectivity index (χ0n) is 10.9. The predicted octanol–water partition coefficient (Wildman–Crippen LogP) is 2.33. The van der Waals surface area contributed by atoms with Gasteiger partial charge < -0.3 is 0 Å². The molecule has 104 valence electrons. The Balaban J connectivity index is 2.28. The van der Waals surface area contributed by atoms with Crippen molar-refractivity contribution in [1.82, 2.24) is 10.2 Å². The van der Waals surface area contributed by atoms with Crippen LogP contribution in [0.4, 0.5) is 5.13 Å². The van der Waals surface area contributed by atoms with E-state index in [0.717, 1.165) is 5.01 Å². The smallest absolute Gasteiger partial charge is 0.253 e. The highest BCUT2D eigenvalue weighted by atomic mass is 32.2. The van der Waals surface area contributed by atoms with Crippen molar-refractivity contribution in [2.24, 2.45) is 0 Å². The van der Waals surface area contributed by atoms with Crippen LogP contribution in [0.1, 0.15) is 30.3 Å². The lowest BCUT2D eigenvalue weighted by atomic mass is 10.2. The summed E-state index contributed by atoms with van der Waals surface area (Å²) in [6.07, 6.45) is 0. The van der Waals surface area contributed by atoms with Gasteiger partial charge in [-0.3, -0.25) is 4.72 Å². The number of nitrogens with zero attached hydrogens (tertiary/aromatic N) is 3. The highest BCUT2D eigenvalue weighted by Gasteiger charge is 2.17. The first-order chi connectivity index (χ1) is 9.42. The predicted molar refractivity (Wildman–Crippen MR) is 76.0 cm³/mol. The molecule has 1 heterocycles. The van der Waals surface area contributed by atoms with Gasteiger partial charge in [0.1, 0.15) is 5.01 Å². The molecule has 0 spiro atoms. The van der Waals surface area contributed by atoms with Crippen LogP contribution in [0.5, 0.6) is 0 Å². The van der Waals surface area contributed by atoms with Gasteiger partial charge in [-0.05, 0) is 18.2 Å². The largest absolute Gasteiger partial charge is 0.263 e. The summed E-state index contributed by atoms with van der Waals surface area (Å²) in [6, 6.07) is 7.70. The maximum absolute atomic E-state index is 12.2. The number of sulfonamides is 1. The van der Waals surface area contributed by atoms with Crippen LogP contribution in [0, 0.1) is 11.3 Å². The Bertz CT molecular complexity index is 760. The maximum atomic E-state index is 12.2. The Morgan fingerprint density at radius 1 is 1.35 bits per heavy atom. The molecular formula is C12H12N4O2S2. The minimum Gasteiger partial charge on any atom is -0.253 e. The first kappa shape index (κ1) is 14.4. The highest BCUT2D eigenvalue weighted by Crippen LogP contribution is 2.24. The topological polar surface area (TPSA) is 95.7 Å². The van der Waals surface area contributed by atoms with E-state index in [-0.39, 0.29) is 21.5 Å². The van der Waals surface area contributed by atoms with E-state index >= 15 is 0 Å². The van der Waals surface area contributed by atoms with E-state index in [1.165, 1.54) is 29.5 Å². The molecule has 2 aromatic rings. The molecule has 1 aromatic carbocycles. The summed E-state index contributed by atoms with van der Waals surface area (Å²) in [7, 11) is -3.75.